The number of aromatic nitrogens is 1. The van der Waals surface area contributed by atoms with Crippen LogP contribution in [-0.2, 0) is 0 Å². The maximum absolute atomic E-state index is 12.0. The zero-order valence-corrected chi connectivity index (χ0v) is 8.27. The summed E-state index contributed by atoms with van der Waals surface area (Å²) in [4.78, 5) is 3.54. The van der Waals surface area contributed by atoms with Crippen molar-refractivity contribution in [2.45, 2.75) is 25.1 Å². The van der Waals surface area contributed by atoms with Gasteiger partial charge < -0.3 is 4.74 Å². The third-order valence-corrected chi connectivity index (χ3v) is 2.30. The van der Waals surface area contributed by atoms with Crippen LogP contribution in [0, 0.1) is 0 Å². The van der Waals surface area contributed by atoms with Crippen molar-refractivity contribution >= 4 is 11.6 Å². The Labute approximate surface area is 89.0 Å². The molecular weight excluding hydrogens is 231 g/mol. The van der Waals surface area contributed by atoms with Gasteiger partial charge in [0.25, 0.3) is 0 Å². The summed E-state index contributed by atoms with van der Waals surface area (Å²) in [5.41, 5.74) is 0.483. The average molecular weight is 238 g/mol. The standard InChI is InChI=1S/C9H7ClF3NO/c10-7-4-3-6(5-1-2-5)8(14-7)15-9(11,12)13/h3-5H,1-2H2. The van der Waals surface area contributed by atoms with E-state index in [9.17, 15) is 13.2 Å². The first-order valence-electron chi connectivity index (χ1n) is 4.38. The number of hydrogen-bond acceptors (Lipinski definition) is 2. The van der Waals surface area contributed by atoms with E-state index in [1.165, 1.54) is 12.1 Å². The molecule has 2 rings (SSSR count). The molecule has 1 aliphatic carbocycles. The Morgan fingerprint density at radius 2 is 2.00 bits per heavy atom. The van der Waals surface area contributed by atoms with Crippen LogP contribution in [0.2, 0.25) is 5.15 Å². The van der Waals surface area contributed by atoms with Gasteiger partial charge in [-0.25, -0.2) is 4.98 Å². The number of hydrogen-bond donors (Lipinski definition) is 0. The molecule has 1 fully saturated rings. The Bertz CT molecular complexity index is 376. The summed E-state index contributed by atoms with van der Waals surface area (Å²) in [6, 6.07) is 3.01. The molecule has 0 N–H and O–H groups in total. The number of nitrogens with zero attached hydrogens (tertiary/aromatic N) is 1. The van der Waals surface area contributed by atoms with E-state index in [2.05, 4.69) is 9.72 Å². The zero-order chi connectivity index (χ0) is 11.1. The summed E-state index contributed by atoms with van der Waals surface area (Å²) in [5.74, 6) is -0.287. The molecule has 15 heavy (non-hydrogen) atoms. The lowest BCUT2D eigenvalue weighted by Gasteiger charge is -2.11. The monoisotopic (exact) mass is 237 g/mol. The van der Waals surface area contributed by atoms with E-state index in [0.717, 1.165) is 12.8 Å². The van der Waals surface area contributed by atoms with Crippen LogP contribution in [0.5, 0.6) is 5.88 Å². The quantitative estimate of drug-likeness (QED) is 0.735. The van der Waals surface area contributed by atoms with Crippen LogP contribution in [0.1, 0.15) is 24.3 Å². The van der Waals surface area contributed by atoms with Gasteiger partial charge in [-0.2, -0.15) is 0 Å². The van der Waals surface area contributed by atoms with Gasteiger partial charge in [-0.05, 0) is 24.8 Å². The lowest BCUT2D eigenvalue weighted by atomic mass is 10.2. The highest BCUT2D eigenvalue weighted by Crippen LogP contribution is 2.44. The lowest BCUT2D eigenvalue weighted by Crippen LogP contribution is -2.19. The second-order valence-electron chi connectivity index (χ2n) is 3.35. The highest BCUT2D eigenvalue weighted by molar-refractivity contribution is 6.29. The second kappa shape index (κ2) is 3.56. The molecule has 0 aliphatic heterocycles. The van der Waals surface area contributed by atoms with Gasteiger partial charge >= 0.3 is 6.36 Å². The number of halogens is 4. The molecule has 0 amide bonds. The molecule has 1 aliphatic rings. The molecule has 0 atom stereocenters. The van der Waals surface area contributed by atoms with Gasteiger partial charge in [0.15, 0.2) is 0 Å². The maximum atomic E-state index is 12.0. The first kappa shape index (κ1) is 10.5. The minimum atomic E-state index is -4.72. The van der Waals surface area contributed by atoms with Crippen molar-refractivity contribution in [1.29, 1.82) is 0 Å². The molecule has 0 radical (unpaired) electrons. The fourth-order valence-corrected chi connectivity index (χ4v) is 1.46. The van der Waals surface area contributed by atoms with E-state index >= 15 is 0 Å². The minimum Gasteiger partial charge on any atom is -0.388 e. The topological polar surface area (TPSA) is 22.1 Å². The van der Waals surface area contributed by atoms with Crippen molar-refractivity contribution in [3.8, 4) is 5.88 Å². The molecule has 2 nitrogen and oxygen atoms in total. The second-order valence-corrected chi connectivity index (χ2v) is 3.74. The minimum absolute atomic E-state index is 0.00125. The van der Waals surface area contributed by atoms with E-state index in [-0.39, 0.29) is 11.1 Å². The number of rotatable bonds is 2. The Morgan fingerprint density at radius 1 is 1.33 bits per heavy atom. The van der Waals surface area contributed by atoms with Gasteiger partial charge in [0, 0.05) is 5.56 Å². The summed E-state index contributed by atoms with van der Waals surface area (Å²) in [5, 5.41) is -0.00125. The van der Waals surface area contributed by atoms with E-state index in [0.29, 0.717) is 5.56 Å². The molecule has 0 saturated heterocycles. The van der Waals surface area contributed by atoms with Crippen LogP contribution >= 0.6 is 11.6 Å². The van der Waals surface area contributed by atoms with E-state index in [1.54, 1.807) is 0 Å². The molecule has 0 spiro atoms. The number of pyridine rings is 1. The third kappa shape index (κ3) is 2.75. The van der Waals surface area contributed by atoms with Gasteiger partial charge in [-0.1, -0.05) is 17.7 Å². The van der Waals surface area contributed by atoms with Crippen LogP contribution in [0.3, 0.4) is 0 Å². The highest BCUT2D eigenvalue weighted by atomic mass is 35.5. The van der Waals surface area contributed by atoms with Gasteiger partial charge in [0.05, 0.1) is 0 Å². The molecule has 0 unspecified atom stereocenters. The summed E-state index contributed by atoms with van der Waals surface area (Å²) < 4.78 is 39.9. The highest BCUT2D eigenvalue weighted by Gasteiger charge is 2.36. The summed E-state index contributed by atoms with van der Waals surface area (Å²) in [6.07, 6.45) is -2.98. The van der Waals surface area contributed by atoms with Crippen molar-refractivity contribution < 1.29 is 17.9 Å². The molecule has 0 aromatic carbocycles. The number of ether oxygens (including phenoxy) is 1. The van der Waals surface area contributed by atoms with Crippen molar-refractivity contribution in [3.63, 3.8) is 0 Å². The normalized spacial score (nSPS) is 16.5. The Morgan fingerprint density at radius 3 is 2.53 bits per heavy atom. The SMILES string of the molecule is FC(F)(F)Oc1nc(Cl)ccc1C1CC1. The van der Waals surface area contributed by atoms with E-state index in [4.69, 9.17) is 11.6 Å². The molecule has 0 bridgehead atoms. The third-order valence-electron chi connectivity index (χ3n) is 2.09. The molecule has 1 saturated carbocycles. The molecule has 6 heteroatoms. The predicted octanol–water partition coefficient (Wildman–Crippen LogP) is 3.51. The molecular formula is C9H7ClF3NO. The van der Waals surface area contributed by atoms with Gasteiger partial charge in [-0.3, -0.25) is 0 Å². The fraction of sp³-hybridized carbons (Fsp3) is 0.444. The van der Waals surface area contributed by atoms with Crippen molar-refractivity contribution in [2.75, 3.05) is 0 Å². The van der Waals surface area contributed by atoms with Crippen LogP contribution in [0.15, 0.2) is 12.1 Å². The summed E-state index contributed by atoms with van der Waals surface area (Å²) in [7, 11) is 0. The van der Waals surface area contributed by atoms with Gasteiger partial charge in [0.1, 0.15) is 5.15 Å². The lowest BCUT2D eigenvalue weighted by molar-refractivity contribution is -0.276. The molecule has 1 heterocycles. The Hall–Kier alpha value is -0.970. The predicted molar refractivity (Wildman–Crippen MR) is 47.9 cm³/mol. The van der Waals surface area contributed by atoms with E-state index < -0.39 is 12.2 Å². The average Bonchev–Trinajstić information content (AvgIpc) is 2.84. The van der Waals surface area contributed by atoms with E-state index in [1.807, 2.05) is 0 Å². The fourth-order valence-electron chi connectivity index (χ4n) is 1.33. The molecule has 1 aromatic rings. The first-order valence-corrected chi connectivity index (χ1v) is 4.76. The summed E-state index contributed by atoms with van der Waals surface area (Å²) >= 11 is 5.51. The van der Waals surface area contributed by atoms with Gasteiger partial charge in [0.2, 0.25) is 5.88 Å². The number of alkyl halides is 3. The van der Waals surface area contributed by atoms with Crippen LogP contribution in [0.25, 0.3) is 0 Å². The van der Waals surface area contributed by atoms with Crippen LogP contribution in [-0.4, -0.2) is 11.3 Å². The van der Waals surface area contributed by atoms with Crippen molar-refractivity contribution in [1.82, 2.24) is 4.98 Å². The Kier molecular flexibility index (Phi) is 2.50. The zero-order valence-electron chi connectivity index (χ0n) is 7.51. The Balaban J connectivity index is 2.30. The first-order chi connectivity index (χ1) is 6.96. The molecule has 1 aromatic heterocycles. The smallest absolute Gasteiger partial charge is 0.388 e. The molecule has 82 valence electrons. The van der Waals surface area contributed by atoms with Crippen LogP contribution in [0.4, 0.5) is 13.2 Å². The largest absolute Gasteiger partial charge is 0.574 e. The van der Waals surface area contributed by atoms with Crippen molar-refractivity contribution in [2.24, 2.45) is 0 Å². The maximum Gasteiger partial charge on any atom is 0.574 e. The summed E-state index contributed by atoms with van der Waals surface area (Å²) in [6.45, 7) is 0. The van der Waals surface area contributed by atoms with Crippen molar-refractivity contribution in [3.05, 3.63) is 22.8 Å². The van der Waals surface area contributed by atoms with Crippen LogP contribution < -0.4 is 4.74 Å². The van der Waals surface area contributed by atoms with Gasteiger partial charge in [-0.15, -0.1) is 13.2 Å².